The Labute approximate surface area is 149 Å². The summed E-state index contributed by atoms with van der Waals surface area (Å²) in [6.45, 7) is 2.68. The summed E-state index contributed by atoms with van der Waals surface area (Å²) in [7, 11) is 0. The van der Waals surface area contributed by atoms with E-state index in [0.29, 0.717) is 16.2 Å². The minimum atomic E-state index is -0.484. The lowest BCUT2D eigenvalue weighted by Gasteiger charge is -2.20. The van der Waals surface area contributed by atoms with Gasteiger partial charge in [0.25, 0.3) is 0 Å². The summed E-state index contributed by atoms with van der Waals surface area (Å²) in [4.78, 5) is 38.6. The zero-order valence-corrected chi connectivity index (χ0v) is 14.5. The van der Waals surface area contributed by atoms with Gasteiger partial charge in [-0.15, -0.1) is 0 Å². The average molecular weight is 353 g/mol. The fourth-order valence-corrected chi connectivity index (χ4v) is 3.49. The largest absolute Gasteiger partial charge is 0.424 e. The SMILES string of the molecule is CC(=O)Oc1ccccc1N(/C=C1/Sc2ccccc2C1=O)C(C)=O. The third-order valence-corrected chi connectivity index (χ3v) is 4.63. The lowest BCUT2D eigenvalue weighted by Crippen LogP contribution is -2.24. The third kappa shape index (κ3) is 3.49. The zero-order valence-electron chi connectivity index (χ0n) is 13.7. The van der Waals surface area contributed by atoms with E-state index < -0.39 is 5.97 Å². The first-order valence-electron chi connectivity index (χ1n) is 7.58. The lowest BCUT2D eigenvalue weighted by atomic mass is 10.1. The second-order valence-electron chi connectivity index (χ2n) is 5.37. The van der Waals surface area contributed by atoms with Crippen LogP contribution in [0.2, 0.25) is 0 Å². The summed E-state index contributed by atoms with van der Waals surface area (Å²) in [6.07, 6.45) is 1.50. The summed E-state index contributed by atoms with van der Waals surface area (Å²) >= 11 is 1.31. The number of rotatable bonds is 3. The van der Waals surface area contributed by atoms with E-state index in [9.17, 15) is 14.4 Å². The standard InChI is InChI=1S/C19H15NO4S/c1-12(21)20(15-8-4-5-9-16(15)24-13(2)22)11-18-19(23)14-7-3-6-10-17(14)25-18/h3-11H,1-2H3/b18-11+. The highest BCUT2D eigenvalue weighted by Crippen LogP contribution is 2.40. The van der Waals surface area contributed by atoms with Crippen molar-refractivity contribution in [1.82, 2.24) is 0 Å². The van der Waals surface area contributed by atoms with E-state index in [-0.39, 0.29) is 17.4 Å². The first-order valence-corrected chi connectivity index (χ1v) is 8.39. The van der Waals surface area contributed by atoms with Crippen molar-refractivity contribution < 1.29 is 19.1 Å². The van der Waals surface area contributed by atoms with E-state index in [1.54, 1.807) is 36.4 Å². The molecule has 2 aromatic rings. The molecule has 126 valence electrons. The van der Waals surface area contributed by atoms with Crippen molar-refractivity contribution in [2.75, 3.05) is 4.90 Å². The van der Waals surface area contributed by atoms with E-state index in [1.165, 1.54) is 36.7 Å². The van der Waals surface area contributed by atoms with Gasteiger partial charge in [-0.2, -0.15) is 0 Å². The Morgan fingerprint density at radius 3 is 2.40 bits per heavy atom. The number of thioether (sulfide) groups is 1. The van der Waals surface area contributed by atoms with E-state index in [4.69, 9.17) is 4.74 Å². The molecule has 0 N–H and O–H groups in total. The maximum absolute atomic E-state index is 12.5. The number of amides is 1. The lowest BCUT2D eigenvalue weighted by molar-refractivity contribution is -0.132. The zero-order chi connectivity index (χ0) is 18.0. The fourth-order valence-electron chi connectivity index (χ4n) is 2.47. The highest BCUT2D eigenvalue weighted by atomic mass is 32.2. The molecule has 3 rings (SSSR count). The van der Waals surface area contributed by atoms with Crippen LogP contribution in [-0.2, 0) is 9.59 Å². The van der Waals surface area contributed by atoms with Gasteiger partial charge in [0, 0.05) is 30.5 Å². The summed E-state index contributed by atoms with van der Waals surface area (Å²) in [5.74, 6) is -0.648. The van der Waals surface area contributed by atoms with Crippen molar-refractivity contribution in [3.05, 3.63) is 65.2 Å². The number of allylic oxidation sites excluding steroid dienone is 1. The molecule has 2 aromatic carbocycles. The first kappa shape index (κ1) is 17.0. The Bertz CT molecular complexity index is 904. The predicted molar refractivity (Wildman–Crippen MR) is 95.6 cm³/mol. The number of ether oxygens (including phenoxy) is 1. The van der Waals surface area contributed by atoms with Gasteiger partial charge in [-0.1, -0.05) is 36.0 Å². The highest BCUT2D eigenvalue weighted by Gasteiger charge is 2.27. The number of Topliss-reactive ketones (excluding diaryl/α,β-unsaturated/α-hetero) is 1. The molecule has 0 saturated heterocycles. The molecule has 0 atom stereocenters. The molecule has 1 aliphatic heterocycles. The van der Waals surface area contributed by atoms with Gasteiger partial charge in [0.1, 0.15) is 0 Å². The van der Waals surface area contributed by atoms with Gasteiger partial charge in [-0.05, 0) is 24.3 Å². The molecule has 1 heterocycles. The molecule has 0 saturated carbocycles. The number of carbonyl (C=O) groups excluding carboxylic acids is 3. The molecule has 0 spiro atoms. The van der Waals surface area contributed by atoms with E-state index in [0.717, 1.165) is 4.90 Å². The number of hydrogen-bond acceptors (Lipinski definition) is 5. The molecule has 6 heteroatoms. The van der Waals surface area contributed by atoms with Gasteiger partial charge >= 0.3 is 5.97 Å². The maximum Gasteiger partial charge on any atom is 0.308 e. The Morgan fingerprint density at radius 2 is 1.72 bits per heavy atom. The molecule has 25 heavy (non-hydrogen) atoms. The number of carbonyl (C=O) groups is 3. The normalized spacial score (nSPS) is 14.3. The van der Waals surface area contributed by atoms with Gasteiger partial charge in [0.15, 0.2) is 5.75 Å². The van der Waals surface area contributed by atoms with Crippen molar-refractivity contribution >= 4 is 35.1 Å². The monoisotopic (exact) mass is 353 g/mol. The van der Waals surface area contributed by atoms with Crippen LogP contribution in [0.5, 0.6) is 5.75 Å². The summed E-state index contributed by atoms with van der Waals surface area (Å²) in [5.41, 5.74) is 1.03. The minimum Gasteiger partial charge on any atom is -0.424 e. The summed E-state index contributed by atoms with van der Waals surface area (Å²) in [6, 6.07) is 14.0. The molecule has 1 aliphatic rings. The second-order valence-corrected chi connectivity index (χ2v) is 6.45. The number of ketones is 1. The van der Waals surface area contributed by atoms with E-state index in [2.05, 4.69) is 0 Å². The fraction of sp³-hybridized carbons (Fsp3) is 0.105. The van der Waals surface area contributed by atoms with Crippen molar-refractivity contribution in [2.45, 2.75) is 18.7 Å². The average Bonchev–Trinajstić information content (AvgIpc) is 2.89. The molecule has 0 unspecified atom stereocenters. The van der Waals surface area contributed by atoms with Crippen LogP contribution in [0.15, 0.2) is 64.5 Å². The minimum absolute atomic E-state index is 0.128. The van der Waals surface area contributed by atoms with Crippen LogP contribution >= 0.6 is 11.8 Å². The summed E-state index contributed by atoms with van der Waals surface area (Å²) < 4.78 is 5.18. The van der Waals surface area contributed by atoms with Crippen molar-refractivity contribution in [3.8, 4) is 5.75 Å². The van der Waals surface area contributed by atoms with Crippen molar-refractivity contribution in [3.63, 3.8) is 0 Å². The van der Waals surface area contributed by atoms with Crippen molar-refractivity contribution in [1.29, 1.82) is 0 Å². The van der Waals surface area contributed by atoms with Gasteiger partial charge in [0.2, 0.25) is 11.7 Å². The Balaban J connectivity index is 2.01. The number of benzene rings is 2. The molecule has 5 nitrogen and oxygen atoms in total. The molecule has 1 amide bonds. The van der Waals surface area contributed by atoms with Gasteiger partial charge in [-0.3, -0.25) is 19.3 Å². The maximum atomic E-state index is 12.5. The van der Waals surface area contributed by atoms with E-state index >= 15 is 0 Å². The topological polar surface area (TPSA) is 63.7 Å². The number of hydrogen-bond donors (Lipinski definition) is 0. The number of anilines is 1. The van der Waals surface area contributed by atoms with Crippen LogP contribution in [0, 0.1) is 0 Å². The molecular weight excluding hydrogens is 338 g/mol. The Morgan fingerprint density at radius 1 is 1.04 bits per heavy atom. The number of esters is 1. The van der Waals surface area contributed by atoms with Crippen LogP contribution in [-0.4, -0.2) is 17.7 Å². The van der Waals surface area contributed by atoms with Gasteiger partial charge in [-0.25, -0.2) is 0 Å². The highest BCUT2D eigenvalue weighted by molar-refractivity contribution is 8.04. The van der Waals surface area contributed by atoms with Crippen molar-refractivity contribution in [2.24, 2.45) is 0 Å². The van der Waals surface area contributed by atoms with E-state index in [1.807, 2.05) is 12.1 Å². The van der Waals surface area contributed by atoms with Crippen LogP contribution in [0.1, 0.15) is 24.2 Å². The molecule has 0 fully saturated rings. The summed E-state index contributed by atoms with van der Waals surface area (Å²) in [5, 5.41) is 0. The van der Waals surface area contributed by atoms with Crippen LogP contribution in [0.4, 0.5) is 5.69 Å². The molecule has 0 radical (unpaired) electrons. The number of fused-ring (bicyclic) bond motifs is 1. The Kier molecular flexibility index (Phi) is 4.72. The quantitative estimate of drug-likeness (QED) is 0.477. The molecule has 0 bridgehead atoms. The molecule has 0 aromatic heterocycles. The molecule has 0 aliphatic carbocycles. The smallest absolute Gasteiger partial charge is 0.308 e. The molecular formula is C19H15NO4S. The Hall–Kier alpha value is -2.86. The van der Waals surface area contributed by atoms with Crippen LogP contribution in [0.3, 0.4) is 0 Å². The number of para-hydroxylation sites is 2. The number of nitrogens with zero attached hydrogens (tertiary/aromatic N) is 1. The second kappa shape index (κ2) is 6.94. The van der Waals surface area contributed by atoms with Crippen LogP contribution in [0.25, 0.3) is 0 Å². The van der Waals surface area contributed by atoms with Gasteiger partial charge in [0.05, 0.1) is 10.6 Å². The van der Waals surface area contributed by atoms with Gasteiger partial charge < -0.3 is 4.74 Å². The first-order chi connectivity index (χ1) is 12.0. The van der Waals surface area contributed by atoms with Crippen LogP contribution < -0.4 is 9.64 Å². The predicted octanol–water partition coefficient (Wildman–Crippen LogP) is 3.79. The third-order valence-electron chi connectivity index (χ3n) is 3.54.